The van der Waals surface area contributed by atoms with Crippen LogP contribution in [-0.2, 0) is 11.3 Å². The van der Waals surface area contributed by atoms with Crippen molar-refractivity contribution < 1.29 is 17.9 Å². The SMILES string of the molecule is CC1(C)CN(Cc2ccccc2)CC(C(F)(F)F)O1. The molecule has 1 aliphatic rings. The molecule has 0 aliphatic carbocycles. The molecule has 5 heteroatoms. The van der Waals surface area contributed by atoms with Crippen LogP contribution in [0.4, 0.5) is 13.2 Å². The predicted molar refractivity (Wildman–Crippen MR) is 66.7 cm³/mol. The highest BCUT2D eigenvalue weighted by atomic mass is 19.4. The lowest BCUT2D eigenvalue weighted by molar-refractivity contribution is -0.272. The van der Waals surface area contributed by atoms with Crippen molar-refractivity contribution in [2.75, 3.05) is 13.1 Å². The fraction of sp³-hybridized carbons (Fsp3) is 0.571. The maximum atomic E-state index is 12.8. The number of hydrogen-bond donors (Lipinski definition) is 0. The van der Waals surface area contributed by atoms with Crippen molar-refractivity contribution in [2.24, 2.45) is 0 Å². The third-order valence-corrected chi connectivity index (χ3v) is 3.10. The molecule has 0 spiro atoms. The molecule has 1 aromatic carbocycles. The van der Waals surface area contributed by atoms with E-state index in [2.05, 4.69) is 0 Å². The van der Waals surface area contributed by atoms with E-state index in [4.69, 9.17) is 4.74 Å². The highest BCUT2D eigenvalue weighted by Gasteiger charge is 2.47. The first-order chi connectivity index (χ1) is 8.76. The molecule has 1 heterocycles. The monoisotopic (exact) mass is 273 g/mol. The van der Waals surface area contributed by atoms with Crippen molar-refractivity contribution in [1.29, 1.82) is 0 Å². The molecule has 1 fully saturated rings. The molecule has 0 radical (unpaired) electrons. The summed E-state index contributed by atoms with van der Waals surface area (Å²) in [6.07, 6.45) is -6.02. The number of rotatable bonds is 2. The van der Waals surface area contributed by atoms with Gasteiger partial charge in [0.15, 0.2) is 6.10 Å². The zero-order valence-electron chi connectivity index (χ0n) is 11.1. The molecule has 0 amide bonds. The summed E-state index contributed by atoms with van der Waals surface area (Å²) in [5.41, 5.74) is 0.230. The second-order valence-corrected chi connectivity index (χ2v) is 5.56. The van der Waals surface area contributed by atoms with E-state index in [9.17, 15) is 13.2 Å². The van der Waals surface area contributed by atoms with Crippen LogP contribution in [0.15, 0.2) is 30.3 Å². The maximum Gasteiger partial charge on any atom is 0.415 e. The number of halogens is 3. The molecule has 1 atom stereocenters. The van der Waals surface area contributed by atoms with Gasteiger partial charge in [-0.1, -0.05) is 30.3 Å². The van der Waals surface area contributed by atoms with Gasteiger partial charge in [-0.15, -0.1) is 0 Å². The summed E-state index contributed by atoms with van der Waals surface area (Å²) in [5, 5.41) is 0. The summed E-state index contributed by atoms with van der Waals surface area (Å²) in [6, 6.07) is 9.52. The van der Waals surface area contributed by atoms with Gasteiger partial charge in [-0.3, -0.25) is 4.90 Å². The van der Waals surface area contributed by atoms with Crippen LogP contribution in [-0.4, -0.2) is 35.9 Å². The first-order valence-electron chi connectivity index (χ1n) is 6.27. The fourth-order valence-corrected chi connectivity index (χ4v) is 2.43. The van der Waals surface area contributed by atoms with Crippen LogP contribution in [0.1, 0.15) is 19.4 Å². The van der Waals surface area contributed by atoms with Gasteiger partial charge in [0.05, 0.1) is 5.60 Å². The van der Waals surface area contributed by atoms with Gasteiger partial charge in [0.1, 0.15) is 0 Å². The van der Waals surface area contributed by atoms with E-state index in [1.54, 1.807) is 18.7 Å². The average Bonchev–Trinajstić information content (AvgIpc) is 2.27. The number of nitrogens with zero attached hydrogens (tertiary/aromatic N) is 1. The van der Waals surface area contributed by atoms with Crippen molar-refractivity contribution in [3.05, 3.63) is 35.9 Å². The van der Waals surface area contributed by atoms with Gasteiger partial charge < -0.3 is 4.74 Å². The Morgan fingerprint density at radius 2 is 1.89 bits per heavy atom. The standard InChI is InChI=1S/C14H18F3NO/c1-13(2)10-18(8-11-6-4-3-5-7-11)9-12(19-13)14(15,16)17/h3-7,12H,8-10H2,1-2H3. The smallest absolute Gasteiger partial charge is 0.360 e. The van der Waals surface area contributed by atoms with Crippen molar-refractivity contribution in [1.82, 2.24) is 4.90 Å². The van der Waals surface area contributed by atoms with E-state index in [1.165, 1.54) is 0 Å². The van der Waals surface area contributed by atoms with Crippen molar-refractivity contribution in [3.63, 3.8) is 0 Å². The Bertz CT molecular complexity index is 416. The van der Waals surface area contributed by atoms with Gasteiger partial charge in [0.25, 0.3) is 0 Å². The fourth-order valence-electron chi connectivity index (χ4n) is 2.43. The number of hydrogen-bond acceptors (Lipinski definition) is 2. The maximum absolute atomic E-state index is 12.8. The summed E-state index contributed by atoms with van der Waals surface area (Å²) in [6.45, 7) is 4.29. The van der Waals surface area contributed by atoms with E-state index in [-0.39, 0.29) is 6.54 Å². The molecule has 19 heavy (non-hydrogen) atoms. The number of morpholine rings is 1. The minimum atomic E-state index is -4.31. The second kappa shape index (κ2) is 5.13. The topological polar surface area (TPSA) is 12.5 Å². The molecule has 0 bridgehead atoms. The predicted octanol–water partition coefficient (Wildman–Crippen LogP) is 3.23. The van der Waals surface area contributed by atoms with Crippen molar-refractivity contribution in [3.8, 4) is 0 Å². The molecule has 0 N–H and O–H groups in total. The molecule has 106 valence electrons. The quantitative estimate of drug-likeness (QED) is 0.820. The number of ether oxygens (including phenoxy) is 1. The van der Waals surface area contributed by atoms with E-state index in [1.807, 2.05) is 30.3 Å². The highest BCUT2D eigenvalue weighted by Crippen LogP contribution is 2.32. The lowest BCUT2D eigenvalue weighted by atomic mass is 10.0. The Labute approximate surface area is 111 Å². The Morgan fingerprint density at radius 3 is 2.47 bits per heavy atom. The van der Waals surface area contributed by atoms with Gasteiger partial charge in [-0.2, -0.15) is 13.2 Å². The largest absolute Gasteiger partial charge is 0.415 e. The molecule has 1 saturated heterocycles. The average molecular weight is 273 g/mol. The molecule has 2 rings (SSSR count). The molecular formula is C14H18F3NO. The van der Waals surface area contributed by atoms with Crippen LogP contribution >= 0.6 is 0 Å². The summed E-state index contributed by atoms with van der Waals surface area (Å²) in [4.78, 5) is 1.80. The normalized spacial score (nSPS) is 24.4. The number of alkyl halides is 3. The molecule has 2 nitrogen and oxygen atoms in total. The van der Waals surface area contributed by atoms with Gasteiger partial charge in [0, 0.05) is 19.6 Å². The summed E-state index contributed by atoms with van der Waals surface area (Å²) < 4.78 is 43.7. The Hall–Kier alpha value is -1.07. The molecule has 0 saturated carbocycles. The first-order valence-corrected chi connectivity index (χ1v) is 6.27. The summed E-state index contributed by atoms with van der Waals surface area (Å²) >= 11 is 0. The highest BCUT2D eigenvalue weighted by molar-refractivity contribution is 5.14. The minimum absolute atomic E-state index is 0.109. The summed E-state index contributed by atoms with van der Waals surface area (Å²) in [5.74, 6) is 0. The van der Waals surface area contributed by atoms with Gasteiger partial charge in [-0.05, 0) is 19.4 Å². The third-order valence-electron chi connectivity index (χ3n) is 3.10. The zero-order valence-corrected chi connectivity index (χ0v) is 11.1. The van der Waals surface area contributed by atoms with Gasteiger partial charge in [0.2, 0.25) is 0 Å². The van der Waals surface area contributed by atoms with Crippen LogP contribution in [0.25, 0.3) is 0 Å². The van der Waals surface area contributed by atoms with Crippen LogP contribution in [0.5, 0.6) is 0 Å². The lowest BCUT2D eigenvalue weighted by Gasteiger charge is -2.43. The van der Waals surface area contributed by atoms with E-state index >= 15 is 0 Å². The molecule has 1 unspecified atom stereocenters. The van der Waals surface area contributed by atoms with Crippen molar-refractivity contribution in [2.45, 2.75) is 38.3 Å². The lowest BCUT2D eigenvalue weighted by Crippen LogP contribution is -2.56. The number of benzene rings is 1. The van der Waals surface area contributed by atoms with Crippen LogP contribution in [0.2, 0.25) is 0 Å². The van der Waals surface area contributed by atoms with Crippen LogP contribution < -0.4 is 0 Å². The second-order valence-electron chi connectivity index (χ2n) is 5.56. The van der Waals surface area contributed by atoms with Gasteiger partial charge >= 0.3 is 6.18 Å². The van der Waals surface area contributed by atoms with Crippen LogP contribution in [0.3, 0.4) is 0 Å². The summed E-state index contributed by atoms with van der Waals surface area (Å²) in [7, 11) is 0. The van der Waals surface area contributed by atoms with E-state index in [0.29, 0.717) is 13.1 Å². The Kier molecular flexibility index (Phi) is 3.87. The third kappa shape index (κ3) is 3.94. The zero-order chi connectivity index (χ0) is 14.1. The minimum Gasteiger partial charge on any atom is -0.360 e. The molecular weight excluding hydrogens is 255 g/mol. The van der Waals surface area contributed by atoms with E-state index < -0.39 is 17.9 Å². The first kappa shape index (κ1) is 14.3. The Morgan fingerprint density at radius 1 is 1.26 bits per heavy atom. The van der Waals surface area contributed by atoms with Crippen LogP contribution in [0, 0.1) is 0 Å². The Balaban J connectivity index is 2.08. The van der Waals surface area contributed by atoms with E-state index in [0.717, 1.165) is 5.56 Å². The van der Waals surface area contributed by atoms with Crippen molar-refractivity contribution >= 4 is 0 Å². The van der Waals surface area contributed by atoms with Gasteiger partial charge in [-0.25, -0.2) is 0 Å². The molecule has 1 aromatic rings. The molecule has 0 aromatic heterocycles. The molecule has 1 aliphatic heterocycles.